The number of nitrogens with zero attached hydrogens (tertiary/aromatic N) is 3. The fourth-order valence-corrected chi connectivity index (χ4v) is 2.97. The van der Waals surface area contributed by atoms with Gasteiger partial charge in [-0.2, -0.15) is 0 Å². The Labute approximate surface area is 145 Å². The molecule has 124 valence electrons. The number of aromatic nitrogens is 3. The minimum absolute atomic E-state index is 0.573. The monoisotopic (exact) mass is 340 g/mol. The number of nitrogens with one attached hydrogen (secondary N) is 3. The first-order chi connectivity index (χ1) is 11.7. The number of imidazole rings is 1. The number of thiazole rings is 1. The molecule has 0 unspecified atom stereocenters. The molecule has 0 radical (unpaired) electrons. The molecule has 0 saturated heterocycles. The van der Waals surface area contributed by atoms with Crippen molar-refractivity contribution in [1.29, 1.82) is 0 Å². The number of aliphatic imine (C=N–C) groups is 1. The lowest BCUT2D eigenvalue weighted by Gasteiger charge is -2.09. The largest absolute Gasteiger partial charge is 0.350 e. The molecule has 0 aliphatic heterocycles. The molecule has 0 fully saturated rings. The van der Waals surface area contributed by atoms with Gasteiger partial charge in [0.2, 0.25) is 0 Å². The fourth-order valence-electron chi connectivity index (χ4n) is 2.25. The maximum Gasteiger partial charge on any atom is 0.191 e. The lowest BCUT2D eigenvalue weighted by atomic mass is 10.2. The Morgan fingerprint density at radius 3 is 2.62 bits per heavy atom. The summed E-state index contributed by atoms with van der Waals surface area (Å²) in [6.07, 6.45) is 3.73. The van der Waals surface area contributed by atoms with Crippen molar-refractivity contribution in [2.45, 2.75) is 20.0 Å². The van der Waals surface area contributed by atoms with Crippen LogP contribution in [0.2, 0.25) is 0 Å². The third-order valence-electron chi connectivity index (χ3n) is 3.44. The van der Waals surface area contributed by atoms with Gasteiger partial charge in [-0.25, -0.2) is 9.97 Å². The number of rotatable bonds is 5. The molecule has 0 bridgehead atoms. The lowest BCUT2D eigenvalue weighted by molar-refractivity contribution is 0.779. The summed E-state index contributed by atoms with van der Waals surface area (Å²) < 4.78 is 0. The van der Waals surface area contributed by atoms with Crippen LogP contribution in [0.15, 0.2) is 47.7 Å². The standard InChI is InChI=1S/C17H20N6S/c1-12-8-20-16(24-12)11-22-17(18-2)21-10-15-19-9-14(23-15)13-6-4-3-5-7-13/h3-9H,10-11H2,1-2H3,(H,19,23)(H2,18,21,22). The van der Waals surface area contributed by atoms with Crippen LogP contribution >= 0.6 is 11.3 Å². The van der Waals surface area contributed by atoms with Crippen LogP contribution in [0.4, 0.5) is 0 Å². The fraction of sp³-hybridized carbons (Fsp3) is 0.235. The van der Waals surface area contributed by atoms with Gasteiger partial charge >= 0.3 is 0 Å². The zero-order chi connectivity index (χ0) is 16.8. The maximum absolute atomic E-state index is 4.41. The summed E-state index contributed by atoms with van der Waals surface area (Å²) in [6.45, 7) is 3.28. The van der Waals surface area contributed by atoms with Crippen molar-refractivity contribution < 1.29 is 0 Å². The number of H-pyrrole nitrogens is 1. The number of guanidine groups is 1. The van der Waals surface area contributed by atoms with Gasteiger partial charge in [0.1, 0.15) is 10.8 Å². The van der Waals surface area contributed by atoms with Crippen molar-refractivity contribution in [2.75, 3.05) is 7.05 Å². The van der Waals surface area contributed by atoms with Gasteiger partial charge in [-0.3, -0.25) is 4.99 Å². The summed E-state index contributed by atoms with van der Waals surface area (Å²) in [7, 11) is 1.75. The smallest absolute Gasteiger partial charge is 0.191 e. The Hall–Kier alpha value is -2.67. The Kier molecular flexibility index (Phi) is 5.22. The Balaban J connectivity index is 1.53. The topological polar surface area (TPSA) is 78.0 Å². The molecule has 7 heteroatoms. The van der Waals surface area contributed by atoms with Crippen molar-refractivity contribution in [1.82, 2.24) is 25.6 Å². The van der Waals surface area contributed by atoms with Gasteiger partial charge in [0.05, 0.1) is 25.0 Å². The third kappa shape index (κ3) is 4.20. The highest BCUT2D eigenvalue weighted by molar-refractivity contribution is 7.11. The highest BCUT2D eigenvalue weighted by atomic mass is 32.1. The van der Waals surface area contributed by atoms with E-state index in [1.807, 2.05) is 30.6 Å². The van der Waals surface area contributed by atoms with Gasteiger partial charge in [-0.05, 0) is 12.5 Å². The second-order valence-electron chi connectivity index (χ2n) is 5.25. The summed E-state index contributed by atoms with van der Waals surface area (Å²) in [5.41, 5.74) is 2.13. The van der Waals surface area contributed by atoms with Crippen LogP contribution in [0.3, 0.4) is 0 Å². The normalized spacial score (nSPS) is 11.5. The van der Waals surface area contributed by atoms with Crippen LogP contribution in [-0.2, 0) is 13.1 Å². The zero-order valence-corrected chi connectivity index (χ0v) is 14.5. The molecule has 0 amide bonds. The summed E-state index contributed by atoms with van der Waals surface area (Å²) in [4.78, 5) is 17.5. The average Bonchev–Trinajstić information content (AvgIpc) is 3.25. The van der Waals surface area contributed by atoms with Crippen LogP contribution in [0, 0.1) is 6.92 Å². The Morgan fingerprint density at radius 1 is 1.12 bits per heavy atom. The van der Waals surface area contributed by atoms with E-state index in [-0.39, 0.29) is 0 Å². The van der Waals surface area contributed by atoms with Crippen LogP contribution in [-0.4, -0.2) is 28.0 Å². The third-order valence-corrected chi connectivity index (χ3v) is 4.35. The first-order valence-electron chi connectivity index (χ1n) is 7.69. The number of hydrogen-bond acceptors (Lipinski definition) is 4. The second-order valence-corrected chi connectivity index (χ2v) is 6.57. The van der Waals surface area contributed by atoms with E-state index in [1.165, 1.54) is 4.88 Å². The molecule has 0 aliphatic carbocycles. The number of aromatic amines is 1. The molecule has 3 aromatic rings. The van der Waals surface area contributed by atoms with Crippen molar-refractivity contribution in [3.8, 4) is 11.3 Å². The van der Waals surface area contributed by atoms with E-state index < -0.39 is 0 Å². The van der Waals surface area contributed by atoms with Gasteiger partial charge < -0.3 is 15.6 Å². The summed E-state index contributed by atoms with van der Waals surface area (Å²) >= 11 is 1.68. The van der Waals surface area contributed by atoms with Gasteiger partial charge in [0.25, 0.3) is 0 Å². The van der Waals surface area contributed by atoms with Crippen molar-refractivity contribution in [2.24, 2.45) is 4.99 Å². The first kappa shape index (κ1) is 16.2. The summed E-state index contributed by atoms with van der Waals surface area (Å²) in [6, 6.07) is 10.1. The molecule has 0 aliphatic rings. The van der Waals surface area contributed by atoms with Gasteiger partial charge in [0, 0.05) is 18.1 Å². The van der Waals surface area contributed by atoms with E-state index in [1.54, 1.807) is 18.4 Å². The molecule has 2 aromatic heterocycles. The first-order valence-corrected chi connectivity index (χ1v) is 8.51. The lowest BCUT2D eigenvalue weighted by Crippen LogP contribution is -2.36. The van der Waals surface area contributed by atoms with E-state index >= 15 is 0 Å². The minimum atomic E-state index is 0.573. The Morgan fingerprint density at radius 2 is 1.92 bits per heavy atom. The molecular formula is C17H20N6S. The summed E-state index contributed by atoms with van der Waals surface area (Å²) in [5, 5.41) is 7.54. The molecule has 2 heterocycles. The van der Waals surface area contributed by atoms with Crippen LogP contribution in [0.1, 0.15) is 15.7 Å². The molecule has 6 nitrogen and oxygen atoms in total. The number of hydrogen-bond donors (Lipinski definition) is 3. The molecule has 0 atom stereocenters. The van der Waals surface area contributed by atoms with Crippen LogP contribution in [0.25, 0.3) is 11.3 Å². The quantitative estimate of drug-likeness (QED) is 0.493. The zero-order valence-electron chi connectivity index (χ0n) is 13.7. The van der Waals surface area contributed by atoms with Crippen LogP contribution < -0.4 is 10.6 Å². The minimum Gasteiger partial charge on any atom is -0.350 e. The highest BCUT2D eigenvalue weighted by Crippen LogP contribution is 2.15. The molecule has 0 spiro atoms. The summed E-state index contributed by atoms with van der Waals surface area (Å²) in [5.74, 6) is 1.59. The van der Waals surface area contributed by atoms with Crippen molar-refractivity contribution in [3.05, 3.63) is 58.4 Å². The SMILES string of the molecule is CN=C(NCc1ncc(-c2ccccc2)[nH]1)NCc1ncc(C)s1. The van der Waals surface area contributed by atoms with Gasteiger partial charge in [-0.1, -0.05) is 30.3 Å². The molecule has 3 N–H and O–H groups in total. The predicted molar refractivity (Wildman–Crippen MR) is 97.9 cm³/mol. The highest BCUT2D eigenvalue weighted by Gasteiger charge is 2.05. The Bertz CT molecular complexity index is 805. The second kappa shape index (κ2) is 7.74. The molecular weight excluding hydrogens is 320 g/mol. The van der Waals surface area contributed by atoms with Crippen molar-refractivity contribution in [3.63, 3.8) is 0 Å². The number of benzene rings is 1. The molecule has 24 heavy (non-hydrogen) atoms. The van der Waals surface area contributed by atoms with Crippen LogP contribution in [0.5, 0.6) is 0 Å². The predicted octanol–water partition coefficient (Wildman–Crippen LogP) is 2.71. The van der Waals surface area contributed by atoms with E-state index in [0.717, 1.165) is 28.0 Å². The van der Waals surface area contributed by atoms with E-state index in [0.29, 0.717) is 13.1 Å². The molecule has 3 rings (SSSR count). The number of aryl methyl sites for hydroxylation is 1. The molecule has 0 saturated carbocycles. The average molecular weight is 340 g/mol. The maximum atomic E-state index is 4.41. The van der Waals surface area contributed by atoms with E-state index in [9.17, 15) is 0 Å². The molecule has 1 aromatic carbocycles. The van der Waals surface area contributed by atoms with E-state index in [2.05, 4.69) is 49.6 Å². The van der Waals surface area contributed by atoms with E-state index in [4.69, 9.17) is 0 Å². The van der Waals surface area contributed by atoms with Gasteiger partial charge in [0.15, 0.2) is 5.96 Å². The van der Waals surface area contributed by atoms with Gasteiger partial charge in [-0.15, -0.1) is 11.3 Å². The van der Waals surface area contributed by atoms with Crippen molar-refractivity contribution >= 4 is 17.3 Å².